The maximum Gasteiger partial charge on any atom is 0.305 e. The first kappa shape index (κ1) is 17.7. The molecule has 0 aromatic heterocycles. The average Bonchev–Trinajstić information content (AvgIpc) is 2.32. The summed E-state index contributed by atoms with van der Waals surface area (Å²) in [6.45, 7) is 5.51. The summed E-state index contributed by atoms with van der Waals surface area (Å²) in [6.07, 6.45) is -0.207. The van der Waals surface area contributed by atoms with Crippen LogP contribution in [0.2, 0.25) is 0 Å². The molecule has 0 heterocycles. The quantitative estimate of drug-likeness (QED) is 0.820. The predicted octanol–water partition coefficient (Wildman–Crippen LogP) is 2.68. The van der Waals surface area contributed by atoms with Gasteiger partial charge in [-0.05, 0) is 44.0 Å². The fourth-order valence-corrected chi connectivity index (χ4v) is 2.61. The van der Waals surface area contributed by atoms with Gasteiger partial charge in [-0.25, -0.2) is 0 Å². The summed E-state index contributed by atoms with van der Waals surface area (Å²) >= 11 is 3.42. The number of benzene rings is 1. The van der Waals surface area contributed by atoms with E-state index in [1.54, 1.807) is 13.0 Å². The van der Waals surface area contributed by atoms with Gasteiger partial charge >= 0.3 is 5.97 Å². The zero-order valence-electron chi connectivity index (χ0n) is 12.6. The molecule has 1 amide bonds. The van der Waals surface area contributed by atoms with Gasteiger partial charge < -0.3 is 15.2 Å². The van der Waals surface area contributed by atoms with E-state index in [-0.39, 0.29) is 18.9 Å². The van der Waals surface area contributed by atoms with E-state index in [0.29, 0.717) is 5.56 Å². The molecule has 0 saturated carbocycles. The van der Waals surface area contributed by atoms with E-state index >= 15 is 0 Å². The average molecular weight is 358 g/mol. The van der Waals surface area contributed by atoms with E-state index < -0.39 is 11.5 Å². The van der Waals surface area contributed by atoms with Gasteiger partial charge in [-0.2, -0.15) is 0 Å². The number of carboxylic acid groups (broad SMARTS) is 1. The minimum absolute atomic E-state index is 0.125. The van der Waals surface area contributed by atoms with Gasteiger partial charge in [0.1, 0.15) is 0 Å². The number of carbonyl (C=O) groups excluding carboxylic acids is 1. The summed E-state index contributed by atoms with van der Waals surface area (Å²) < 4.78 is 5.96. The smallest absolute Gasteiger partial charge is 0.305 e. The third-order valence-electron chi connectivity index (χ3n) is 3.17. The van der Waals surface area contributed by atoms with Crippen molar-refractivity contribution < 1.29 is 19.4 Å². The van der Waals surface area contributed by atoms with E-state index in [1.165, 1.54) is 7.11 Å². The number of nitrogens with one attached hydrogen (secondary N) is 1. The molecule has 0 aliphatic rings. The number of carboxylic acids is 1. The molecule has 6 heteroatoms. The number of aliphatic carboxylic acids is 1. The minimum Gasteiger partial charge on any atom is -0.481 e. The second-order valence-corrected chi connectivity index (χ2v) is 6.29. The zero-order chi connectivity index (χ0) is 16.2. The zero-order valence-corrected chi connectivity index (χ0v) is 14.2. The lowest BCUT2D eigenvalue weighted by molar-refractivity contribution is -0.139. The van der Waals surface area contributed by atoms with Crippen LogP contribution in [0.1, 0.15) is 34.8 Å². The molecule has 116 valence electrons. The normalized spacial score (nSPS) is 13.6. The van der Waals surface area contributed by atoms with Crippen molar-refractivity contribution in [2.75, 3.05) is 13.7 Å². The molecular formula is C15H20BrNO4. The molecule has 5 nitrogen and oxygen atoms in total. The number of aryl methyl sites for hydroxylation is 2. The molecule has 0 radical (unpaired) electrons. The van der Waals surface area contributed by atoms with Crippen LogP contribution in [0.5, 0.6) is 0 Å². The maximum atomic E-state index is 12.4. The molecule has 0 saturated heterocycles. The maximum absolute atomic E-state index is 12.4. The van der Waals surface area contributed by atoms with Crippen molar-refractivity contribution in [3.05, 3.63) is 33.3 Å². The Morgan fingerprint density at radius 1 is 1.33 bits per heavy atom. The van der Waals surface area contributed by atoms with Crippen LogP contribution >= 0.6 is 15.9 Å². The minimum atomic E-state index is -0.987. The Morgan fingerprint density at radius 3 is 2.48 bits per heavy atom. The first-order chi connectivity index (χ1) is 9.68. The molecular weight excluding hydrogens is 338 g/mol. The van der Waals surface area contributed by atoms with Gasteiger partial charge in [0.2, 0.25) is 0 Å². The van der Waals surface area contributed by atoms with Crippen LogP contribution in [0.25, 0.3) is 0 Å². The lowest BCUT2D eigenvalue weighted by atomic mass is 9.97. The first-order valence-corrected chi connectivity index (χ1v) is 7.28. The largest absolute Gasteiger partial charge is 0.481 e. The van der Waals surface area contributed by atoms with Crippen molar-refractivity contribution in [2.45, 2.75) is 32.7 Å². The van der Waals surface area contributed by atoms with Gasteiger partial charge in [0, 0.05) is 17.1 Å². The van der Waals surface area contributed by atoms with Gasteiger partial charge in [-0.15, -0.1) is 0 Å². The molecule has 1 atom stereocenters. The molecule has 0 aliphatic heterocycles. The Bertz CT molecular complexity index is 559. The highest BCUT2D eigenvalue weighted by atomic mass is 79.9. The van der Waals surface area contributed by atoms with Crippen molar-refractivity contribution in [2.24, 2.45) is 0 Å². The highest BCUT2D eigenvalue weighted by Crippen LogP contribution is 2.22. The van der Waals surface area contributed by atoms with Gasteiger partial charge in [0.25, 0.3) is 5.91 Å². The number of hydrogen-bond donors (Lipinski definition) is 2. The Labute approximate surface area is 132 Å². The van der Waals surface area contributed by atoms with Gasteiger partial charge in [0.05, 0.1) is 18.6 Å². The number of hydrogen-bond acceptors (Lipinski definition) is 3. The summed E-state index contributed by atoms with van der Waals surface area (Å²) in [5, 5.41) is 11.8. The van der Waals surface area contributed by atoms with E-state index in [0.717, 1.165) is 15.6 Å². The number of halogens is 1. The Balaban J connectivity index is 3.02. The predicted molar refractivity (Wildman–Crippen MR) is 83.6 cm³/mol. The van der Waals surface area contributed by atoms with E-state index in [2.05, 4.69) is 21.2 Å². The summed E-state index contributed by atoms with van der Waals surface area (Å²) in [6, 6.07) is 3.65. The number of carbonyl (C=O) groups is 2. The number of methoxy groups -OCH3 is 1. The van der Waals surface area contributed by atoms with Crippen LogP contribution in [0.4, 0.5) is 0 Å². The van der Waals surface area contributed by atoms with Gasteiger partial charge in [0.15, 0.2) is 0 Å². The summed E-state index contributed by atoms with van der Waals surface area (Å²) in [4.78, 5) is 23.4. The topological polar surface area (TPSA) is 75.6 Å². The van der Waals surface area contributed by atoms with Gasteiger partial charge in [-0.3, -0.25) is 9.59 Å². The van der Waals surface area contributed by atoms with Crippen molar-refractivity contribution in [1.82, 2.24) is 5.32 Å². The second kappa shape index (κ2) is 7.04. The number of amides is 1. The molecule has 21 heavy (non-hydrogen) atoms. The van der Waals surface area contributed by atoms with E-state index in [1.807, 2.05) is 19.9 Å². The molecule has 0 bridgehead atoms. The van der Waals surface area contributed by atoms with Crippen LogP contribution in [-0.4, -0.2) is 36.2 Å². The fraction of sp³-hybridized carbons (Fsp3) is 0.467. The van der Waals surface area contributed by atoms with Gasteiger partial charge in [-0.1, -0.05) is 15.9 Å². The standard InChI is InChI=1S/C15H20BrNO4/c1-9-6-12(16)10(2)5-11(9)14(20)17-15(3,8-21-4)7-13(18)19/h5-6H,7-8H2,1-4H3,(H,17,20)(H,18,19). The SMILES string of the molecule is COCC(C)(CC(=O)O)NC(=O)c1cc(C)c(Br)cc1C. The highest BCUT2D eigenvalue weighted by Gasteiger charge is 2.30. The molecule has 0 aliphatic carbocycles. The molecule has 0 spiro atoms. The number of rotatable bonds is 6. The monoisotopic (exact) mass is 357 g/mol. The van der Waals surface area contributed by atoms with E-state index in [9.17, 15) is 9.59 Å². The van der Waals surface area contributed by atoms with Crippen LogP contribution in [0.3, 0.4) is 0 Å². The van der Waals surface area contributed by atoms with Crippen molar-refractivity contribution >= 4 is 27.8 Å². The van der Waals surface area contributed by atoms with Crippen molar-refractivity contribution in [3.63, 3.8) is 0 Å². The molecule has 1 aromatic rings. The highest BCUT2D eigenvalue weighted by molar-refractivity contribution is 9.10. The molecule has 0 fully saturated rings. The van der Waals surface area contributed by atoms with Crippen LogP contribution in [0.15, 0.2) is 16.6 Å². The summed E-state index contributed by atoms with van der Waals surface area (Å²) in [5.41, 5.74) is 1.34. The number of ether oxygens (including phenoxy) is 1. The third-order valence-corrected chi connectivity index (χ3v) is 4.02. The Kier molecular flexibility index (Phi) is 5.92. The summed E-state index contributed by atoms with van der Waals surface area (Å²) in [5.74, 6) is -1.29. The first-order valence-electron chi connectivity index (χ1n) is 6.48. The van der Waals surface area contributed by atoms with E-state index in [4.69, 9.17) is 9.84 Å². The van der Waals surface area contributed by atoms with Crippen molar-refractivity contribution in [3.8, 4) is 0 Å². The second-order valence-electron chi connectivity index (χ2n) is 5.43. The molecule has 1 aromatic carbocycles. The fourth-order valence-electron chi connectivity index (χ4n) is 2.15. The van der Waals surface area contributed by atoms with Crippen LogP contribution in [0, 0.1) is 13.8 Å². The lowest BCUT2D eigenvalue weighted by Gasteiger charge is -2.28. The Morgan fingerprint density at radius 2 is 1.95 bits per heavy atom. The van der Waals surface area contributed by atoms with Crippen LogP contribution in [-0.2, 0) is 9.53 Å². The van der Waals surface area contributed by atoms with Crippen LogP contribution < -0.4 is 5.32 Å². The Hall–Kier alpha value is -1.40. The molecule has 1 unspecified atom stereocenters. The lowest BCUT2D eigenvalue weighted by Crippen LogP contribution is -2.50. The molecule has 1 rings (SSSR count). The summed E-state index contributed by atoms with van der Waals surface area (Å²) in [7, 11) is 1.47. The molecule has 2 N–H and O–H groups in total. The third kappa shape index (κ3) is 4.82. The van der Waals surface area contributed by atoms with Crippen molar-refractivity contribution in [1.29, 1.82) is 0 Å².